The van der Waals surface area contributed by atoms with Gasteiger partial charge in [0.05, 0.1) is 10.8 Å². The molecule has 0 spiro atoms. The maximum absolute atomic E-state index is 12.5. The zero-order valence-corrected chi connectivity index (χ0v) is 13.4. The van der Waals surface area contributed by atoms with E-state index in [4.69, 9.17) is 0 Å². The number of aromatic hydroxyl groups is 1. The highest BCUT2D eigenvalue weighted by Gasteiger charge is 2.33. The number of phenolic OH excluding ortho intramolecular Hbond substituents is 1. The average molecular weight is 328 g/mol. The first kappa shape index (κ1) is 15.6. The lowest BCUT2D eigenvalue weighted by atomic mass is 10.2. The highest BCUT2D eigenvalue weighted by atomic mass is 32.2. The average Bonchev–Trinajstić information content (AvgIpc) is 2.86. The van der Waals surface area contributed by atoms with E-state index in [1.54, 1.807) is 36.4 Å². The normalized spacial score (nSPS) is 16.9. The van der Waals surface area contributed by atoms with Crippen molar-refractivity contribution < 1.29 is 9.90 Å². The summed E-state index contributed by atoms with van der Waals surface area (Å²) in [7, 11) is 0. The van der Waals surface area contributed by atoms with E-state index in [-0.39, 0.29) is 22.5 Å². The van der Waals surface area contributed by atoms with E-state index >= 15 is 0 Å². The van der Waals surface area contributed by atoms with Crippen LogP contribution in [-0.4, -0.2) is 25.8 Å². The summed E-state index contributed by atoms with van der Waals surface area (Å²) < 4.78 is 1.18. The van der Waals surface area contributed by atoms with Crippen LogP contribution in [-0.2, 0) is 0 Å². The van der Waals surface area contributed by atoms with Crippen molar-refractivity contribution in [1.29, 1.82) is 0 Å². The van der Waals surface area contributed by atoms with Crippen LogP contribution in [0.2, 0.25) is 0 Å². The molecule has 6 heteroatoms. The first-order valence-corrected chi connectivity index (χ1v) is 8.28. The number of nitrogens with zero attached hydrogens (tertiary/aromatic N) is 2. The van der Waals surface area contributed by atoms with Crippen LogP contribution in [0.5, 0.6) is 5.75 Å². The number of hydrogen-bond acceptors (Lipinski definition) is 5. The molecule has 3 rings (SSSR count). The first-order chi connectivity index (χ1) is 11.1. The van der Waals surface area contributed by atoms with Gasteiger partial charge in [0.2, 0.25) is 5.91 Å². The largest absolute Gasteiger partial charge is 0.508 e. The van der Waals surface area contributed by atoms with Crippen molar-refractivity contribution in [3.05, 3.63) is 51.9 Å². The number of phenols is 1. The highest BCUT2D eigenvalue weighted by molar-refractivity contribution is 8.00. The number of fused-ring (bicyclic) bond motifs is 1. The Morgan fingerprint density at radius 1 is 1.26 bits per heavy atom. The summed E-state index contributed by atoms with van der Waals surface area (Å²) in [5.41, 5.74) is 0.881. The fourth-order valence-corrected chi connectivity index (χ4v) is 3.59. The van der Waals surface area contributed by atoms with Crippen LogP contribution in [0.1, 0.15) is 35.7 Å². The van der Waals surface area contributed by atoms with Crippen molar-refractivity contribution in [3.8, 4) is 5.75 Å². The Balaban J connectivity index is 1.91. The van der Waals surface area contributed by atoms with E-state index < -0.39 is 0 Å². The van der Waals surface area contributed by atoms with Gasteiger partial charge in [-0.3, -0.25) is 9.59 Å². The summed E-state index contributed by atoms with van der Waals surface area (Å²) in [5, 5.41) is 9.52. The zero-order chi connectivity index (χ0) is 16.4. The molecule has 0 bridgehead atoms. The maximum atomic E-state index is 12.5. The Hall–Kier alpha value is -2.34. The van der Waals surface area contributed by atoms with Gasteiger partial charge >= 0.3 is 0 Å². The van der Waals surface area contributed by atoms with Crippen LogP contribution in [0.4, 0.5) is 0 Å². The monoisotopic (exact) mass is 328 g/mol. The Labute approximate surface area is 137 Å². The molecule has 0 aliphatic carbocycles. The minimum atomic E-state index is -0.332. The van der Waals surface area contributed by atoms with Gasteiger partial charge < -0.3 is 5.11 Å². The van der Waals surface area contributed by atoms with E-state index in [0.29, 0.717) is 10.7 Å². The third-order valence-electron chi connectivity index (χ3n) is 3.60. The Bertz CT molecular complexity index is 825. The maximum Gasteiger partial charge on any atom is 0.268 e. The molecule has 1 aliphatic rings. The van der Waals surface area contributed by atoms with E-state index in [0.717, 1.165) is 18.4 Å². The molecule has 1 N–H and O–H groups in total. The van der Waals surface area contributed by atoms with Gasteiger partial charge in [-0.1, -0.05) is 43.3 Å². The number of rotatable bonds is 4. The van der Waals surface area contributed by atoms with Gasteiger partial charge in [-0.25, -0.2) is 9.55 Å². The Kier molecular flexibility index (Phi) is 4.34. The number of carbonyl (C=O) groups excluding carboxylic acids is 1. The predicted molar refractivity (Wildman–Crippen MR) is 90.7 cm³/mol. The molecule has 2 aromatic rings. The van der Waals surface area contributed by atoms with Crippen LogP contribution in [0.25, 0.3) is 12.2 Å². The summed E-state index contributed by atoms with van der Waals surface area (Å²) in [6, 6.07) is 6.62. The number of aromatic nitrogens is 2. The Morgan fingerprint density at radius 3 is 2.70 bits per heavy atom. The molecule has 1 aliphatic heterocycles. The molecule has 0 radical (unpaired) electrons. The van der Waals surface area contributed by atoms with Crippen molar-refractivity contribution >= 4 is 29.8 Å². The lowest BCUT2D eigenvalue weighted by molar-refractivity contribution is 0.0900. The topological polar surface area (TPSA) is 72.2 Å². The predicted octanol–water partition coefficient (Wildman–Crippen LogP) is 3.03. The molecule has 2 heterocycles. The van der Waals surface area contributed by atoms with E-state index in [2.05, 4.69) is 4.98 Å². The summed E-state index contributed by atoms with van der Waals surface area (Å²) in [4.78, 5) is 29.1. The molecular formula is C17H16N2O3S. The zero-order valence-electron chi connectivity index (χ0n) is 12.6. The van der Waals surface area contributed by atoms with Gasteiger partial charge in [0.25, 0.3) is 5.56 Å². The molecule has 0 amide bonds. The molecular weight excluding hydrogens is 312 g/mol. The smallest absolute Gasteiger partial charge is 0.268 e. The van der Waals surface area contributed by atoms with Crippen molar-refractivity contribution in [2.24, 2.45) is 0 Å². The van der Waals surface area contributed by atoms with Crippen molar-refractivity contribution in [2.75, 3.05) is 0 Å². The van der Waals surface area contributed by atoms with Crippen molar-refractivity contribution in [3.63, 3.8) is 0 Å². The first-order valence-electron chi connectivity index (χ1n) is 7.40. The summed E-state index contributed by atoms with van der Waals surface area (Å²) in [6.07, 6.45) is 6.52. The highest BCUT2D eigenvalue weighted by Crippen LogP contribution is 2.31. The molecule has 1 aromatic carbocycles. The molecule has 1 aromatic heterocycles. The summed E-state index contributed by atoms with van der Waals surface area (Å²) >= 11 is 1.36. The van der Waals surface area contributed by atoms with Gasteiger partial charge in [0.15, 0.2) is 5.16 Å². The minimum Gasteiger partial charge on any atom is -0.508 e. The number of hydrogen-bond donors (Lipinski definition) is 1. The van der Waals surface area contributed by atoms with Gasteiger partial charge in [0.1, 0.15) is 5.75 Å². The quantitative estimate of drug-likeness (QED) is 0.874. The van der Waals surface area contributed by atoms with E-state index in [1.165, 1.54) is 22.5 Å². The van der Waals surface area contributed by atoms with Gasteiger partial charge in [-0.2, -0.15) is 0 Å². The molecule has 0 saturated heterocycles. The second kappa shape index (κ2) is 6.42. The minimum absolute atomic E-state index is 0.177. The lowest BCUT2D eigenvalue weighted by Gasteiger charge is -2.02. The second-order valence-electron chi connectivity index (χ2n) is 5.29. The molecule has 0 fully saturated rings. The third kappa shape index (κ3) is 3.07. The van der Waals surface area contributed by atoms with Gasteiger partial charge in [-0.05, 0) is 30.2 Å². The summed E-state index contributed by atoms with van der Waals surface area (Å²) in [5.74, 6) is 0.00948. The van der Waals surface area contributed by atoms with Crippen LogP contribution in [0.15, 0.2) is 40.4 Å². The summed E-state index contributed by atoms with van der Waals surface area (Å²) in [6.45, 7) is 2.01. The molecule has 23 heavy (non-hydrogen) atoms. The number of benzene rings is 1. The van der Waals surface area contributed by atoms with Crippen molar-refractivity contribution in [1.82, 2.24) is 9.55 Å². The number of carbonyl (C=O) groups is 1. The standard InChI is InChI=1S/C17H16N2O3S/c1-2-3-14-16(22)19-15(21)12(10-18-17(19)23-14)7-4-11-5-8-13(20)9-6-11/h4-10,14,20H,2-3H2,1H3/b7-4+. The van der Waals surface area contributed by atoms with Crippen LogP contribution in [0, 0.1) is 0 Å². The SMILES string of the molecule is CCCC1Sc2ncc(/C=C/c3ccc(O)cc3)c(=O)n2C1=O. The van der Waals surface area contributed by atoms with E-state index in [1.807, 2.05) is 6.92 Å². The lowest BCUT2D eigenvalue weighted by Crippen LogP contribution is -2.30. The molecule has 5 nitrogen and oxygen atoms in total. The third-order valence-corrected chi connectivity index (χ3v) is 4.82. The fourth-order valence-electron chi connectivity index (χ4n) is 2.38. The van der Waals surface area contributed by atoms with Crippen LogP contribution in [0.3, 0.4) is 0 Å². The molecule has 118 valence electrons. The van der Waals surface area contributed by atoms with Gasteiger partial charge in [0, 0.05) is 6.20 Å². The second-order valence-corrected chi connectivity index (χ2v) is 6.46. The Morgan fingerprint density at radius 2 is 2.00 bits per heavy atom. The van der Waals surface area contributed by atoms with E-state index in [9.17, 15) is 14.7 Å². The molecule has 1 atom stereocenters. The van der Waals surface area contributed by atoms with Gasteiger partial charge in [-0.15, -0.1) is 0 Å². The number of thioether (sulfide) groups is 1. The van der Waals surface area contributed by atoms with Crippen molar-refractivity contribution in [2.45, 2.75) is 30.2 Å². The molecule has 1 unspecified atom stereocenters. The molecule has 0 saturated carbocycles. The van der Waals surface area contributed by atoms with Crippen LogP contribution >= 0.6 is 11.8 Å². The van der Waals surface area contributed by atoms with Crippen LogP contribution < -0.4 is 5.56 Å². The fraction of sp³-hybridized carbons (Fsp3) is 0.235.